The van der Waals surface area contributed by atoms with Crippen molar-refractivity contribution in [3.05, 3.63) is 33.6 Å². The first kappa shape index (κ1) is 18.6. The van der Waals surface area contributed by atoms with E-state index in [9.17, 15) is 4.79 Å². The van der Waals surface area contributed by atoms with E-state index in [-0.39, 0.29) is 18.3 Å². The average molecular weight is 418 g/mol. The van der Waals surface area contributed by atoms with Crippen LogP contribution in [0.15, 0.2) is 16.6 Å². The second-order valence-corrected chi connectivity index (χ2v) is 5.95. The molecule has 0 atom stereocenters. The second kappa shape index (κ2) is 7.87. The molecule has 0 unspecified atom stereocenters. The van der Waals surface area contributed by atoms with Crippen LogP contribution in [0.2, 0.25) is 0 Å². The predicted molar refractivity (Wildman–Crippen MR) is 96.4 cm³/mol. The number of H-pyrrole nitrogens is 1. The Kier molecular flexibility index (Phi) is 6.09. The number of rotatable bonds is 4. The minimum atomic E-state index is -0.265. The minimum absolute atomic E-state index is 0. The van der Waals surface area contributed by atoms with E-state index in [4.69, 9.17) is 9.47 Å². The van der Waals surface area contributed by atoms with E-state index in [0.717, 1.165) is 24.2 Å². The van der Waals surface area contributed by atoms with Crippen molar-refractivity contribution in [2.75, 3.05) is 26.1 Å². The lowest BCUT2D eigenvalue weighted by atomic mass is 10.1. The summed E-state index contributed by atoms with van der Waals surface area (Å²) in [7, 11) is 3.11. The van der Waals surface area contributed by atoms with E-state index >= 15 is 0 Å². The number of halogens is 2. The maximum absolute atomic E-state index is 12.5. The Morgan fingerprint density at radius 1 is 1.29 bits per heavy atom. The molecule has 1 aromatic carbocycles. The molecule has 0 fully saturated rings. The van der Waals surface area contributed by atoms with Crippen LogP contribution < -0.4 is 20.1 Å². The van der Waals surface area contributed by atoms with Crippen molar-refractivity contribution in [3.8, 4) is 11.5 Å². The molecule has 130 valence electrons. The smallest absolute Gasteiger partial charge is 0.276 e. The molecule has 1 amide bonds. The monoisotopic (exact) mass is 416 g/mol. The van der Waals surface area contributed by atoms with Crippen molar-refractivity contribution in [2.45, 2.75) is 13.0 Å². The van der Waals surface area contributed by atoms with Crippen molar-refractivity contribution < 1.29 is 14.3 Å². The molecular weight excluding hydrogens is 400 g/mol. The number of fused-ring (bicyclic) bond motifs is 1. The molecule has 2 aromatic rings. The third kappa shape index (κ3) is 3.50. The Labute approximate surface area is 154 Å². The zero-order chi connectivity index (χ0) is 16.4. The topological polar surface area (TPSA) is 88.3 Å². The van der Waals surface area contributed by atoms with Gasteiger partial charge in [-0.15, -0.1) is 12.4 Å². The molecule has 1 aromatic heterocycles. The number of benzene rings is 1. The first-order valence-electron chi connectivity index (χ1n) is 7.13. The number of carbonyl (C=O) groups excluding carboxylic acids is 1. The Hall–Kier alpha value is -1.77. The highest BCUT2D eigenvalue weighted by atomic mass is 79.9. The Bertz CT molecular complexity index is 751. The summed E-state index contributed by atoms with van der Waals surface area (Å²) >= 11 is 3.43. The van der Waals surface area contributed by atoms with Gasteiger partial charge in [0.1, 0.15) is 0 Å². The zero-order valence-corrected chi connectivity index (χ0v) is 15.6. The third-order valence-corrected chi connectivity index (χ3v) is 4.40. The van der Waals surface area contributed by atoms with Crippen molar-refractivity contribution in [3.63, 3.8) is 0 Å². The number of amides is 1. The van der Waals surface area contributed by atoms with Crippen LogP contribution in [-0.4, -0.2) is 36.9 Å². The minimum Gasteiger partial charge on any atom is -0.493 e. The molecule has 3 N–H and O–H groups in total. The highest BCUT2D eigenvalue weighted by molar-refractivity contribution is 9.10. The molecule has 1 aliphatic rings. The largest absolute Gasteiger partial charge is 0.493 e. The summed E-state index contributed by atoms with van der Waals surface area (Å²) < 4.78 is 11.2. The predicted octanol–water partition coefficient (Wildman–Crippen LogP) is 2.51. The number of aromatic nitrogens is 2. The molecule has 24 heavy (non-hydrogen) atoms. The van der Waals surface area contributed by atoms with E-state index < -0.39 is 0 Å². The maximum atomic E-state index is 12.5. The van der Waals surface area contributed by atoms with Gasteiger partial charge in [-0.2, -0.15) is 5.10 Å². The van der Waals surface area contributed by atoms with E-state index in [1.807, 2.05) is 0 Å². The number of carbonyl (C=O) groups is 1. The summed E-state index contributed by atoms with van der Waals surface area (Å²) in [5.41, 5.74) is 2.94. The van der Waals surface area contributed by atoms with Gasteiger partial charge in [-0.25, -0.2) is 0 Å². The summed E-state index contributed by atoms with van der Waals surface area (Å²) in [4.78, 5) is 12.5. The van der Waals surface area contributed by atoms with Crippen molar-refractivity contribution in [2.24, 2.45) is 0 Å². The lowest BCUT2D eigenvalue weighted by Gasteiger charge is -2.14. The van der Waals surface area contributed by atoms with Gasteiger partial charge in [0.2, 0.25) is 0 Å². The van der Waals surface area contributed by atoms with Gasteiger partial charge in [-0.3, -0.25) is 9.89 Å². The van der Waals surface area contributed by atoms with Gasteiger partial charge in [0.15, 0.2) is 17.2 Å². The lowest BCUT2D eigenvalue weighted by Crippen LogP contribution is -2.25. The summed E-state index contributed by atoms with van der Waals surface area (Å²) in [5.74, 6) is 0.856. The number of nitrogens with one attached hydrogen (secondary N) is 3. The fourth-order valence-electron chi connectivity index (χ4n) is 2.54. The summed E-state index contributed by atoms with van der Waals surface area (Å²) in [6, 6.07) is 3.45. The number of hydrogen-bond donors (Lipinski definition) is 3. The molecule has 0 saturated carbocycles. The van der Waals surface area contributed by atoms with Gasteiger partial charge in [-0.1, -0.05) is 0 Å². The highest BCUT2D eigenvalue weighted by Gasteiger charge is 2.22. The number of ether oxygens (including phenoxy) is 2. The van der Waals surface area contributed by atoms with Crippen LogP contribution in [0.1, 0.15) is 21.7 Å². The summed E-state index contributed by atoms with van der Waals surface area (Å²) in [6.07, 6.45) is 0.843. The summed E-state index contributed by atoms with van der Waals surface area (Å²) in [5, 5.41) is 13.2. The highest BCUT2D eigenvalue weighted by Crippen LogP contribution is 2.36. The molecule has 0 bridgehead atoms. The second-order valence-electron chi connectivity index (χ2n) is 5.10. The van der Waals surface area contributed by atoms with E-state index in [1.54, 1.807) is 26.4 Å². The molecule has 7 nitrogen and oxygen atoms in total. The van der Waals surface area contributed by atoms with E-state index in [1.165, 1.54) is 0 Å². The molecular formula is C15H18BrClN4O3. The van der Waals surface area contributed by atoms with Crippen LogP contribution >= 0.6 is 28.3 Å². The Balaban J connectivity index is 0.00000208. The number of hydrogen-bond acceptors (Lipinski definition) is 5. The number of nitrogens with zero attached hydrogens (tertiary/aromatic N) is 1. The average Bonchev–Trinajstić information content (AvgIpc) is 3.00. The van der Waals surface area contributed by atoms with Crippen LogP contribution in [0, 0.1) is 0 Å². The van der Waals surface area contributed by atoms with Crippen molar-refractivity contribution in [1.82, 2.24) is 15.5 Å². The normalized spacial score (nSPS) is 12.8. The van der Waals surface area contributed by atoms with Gasteiger partial charge < -0.3 is 20.1 Å². The molecule has 0 saturated heterocycles. The van der Waals surface area contributed by atoms with E-state index in [2.05, 4.69) is 36.8 Å². The number of methoxy groups -OCH3 is 2. The van der Waals surface area contributed by atoms with Crippen molar-refractivity contribution >= 4 is 39.9 Å². The Morgan fingerprint density at radius 3 is 2.71 bits per heavy atom. The number of anilines is 1. The molecule has 2 heterocycles. The maximum Gasteiger partial charge on any atom is 0.276 e. The van der Waals surface area contributed by atoms with Crippen LogP contribution in [0.4, 0.5) is 5.69 Å². The first-order valence-corrected chi connectivity index (χ1v) is 7.93. The SMILES string of the molecule is COc1cc(Br)c(NC(=O)c2n[nH]c3c2CNCC3)cc1OC.Cl. The molecule has 9 heteroatoms. The van der Waals surface area contributed by atoms with Crippen LogP contribution in [-0.2, 0) is 13.0 Å². The van der Waals surface area contributed by atoms with Gasteiger partial charge in [0.05, 0.1) is 19.9 Å². The van der Waals surface area contributed by atoms with Gasteiger partial charge in [0, 0.05) is 47.4 Å². The quantitative estimate of drug-likeness (QED) is 0.711. The van der Waals surface area contributed by atoms with Crippen molar-refractivity contribution in [1.29, 1.82) is 0 Å². The molecule has 1 aliphatic heterocycles. The fourth-order valence-corrected chi connectivity index (χ4v) is 2.97. The summed E-state index contributed by atoms with van der Waals surface area (Å²) in [6.45, 7) is 1.53. The molecule has 0 spiro atoms. The zero-order valence-electron chi connectivity index (χ0n) is 13.2. The van der Waals surface area contributed by atoms with Gasteiger partial charge in [-0.05, 0) is 15.9 Å². The van der Waals surface area contributed by atoms with Gasteiger partial charge in [0.25, 0.3) is 5.91 Å². The van der Waals surface area contributed by atoms with Crippen LogP contribution in [0.25, 0.3) is 0 Å². The van der Waals surface area contributed by atoms with Gasteiger partial charge >= 0.3 is 0 Å². The molecule has 0 radical (unpaired) electrons. The standard InChI is InChI=1S/C15H17BrN4O3.ClH/c1-22-12-5-9(16)11(6-13(12)23-2)18-15(21)14-8-7-17-4-3-10(8)19-20-14;/h5-6,17H,3-4,7H2,1-2H3,(H,18,21)(H,19,20);1H. The van der Waals surface area contributed by atoms with Crippen LogP contribution in [0.3, 0.4) is 0 Å². The lowest BCUT2D eigenvalue weighted by molar-refractivity contribution is 0.102. The number of aromatic amines is 1. The Morgan fingerprint density at radius 2 is 2.00 bits per heavy atom. The van der Waals surface area contributed by atoms with E-state index in [0.29, 0.717) is 33.9 Å². The third-order valence-electron chi connectivity index (χ3n) is 3.74. The first-order chi connectivity index (χ1) is 11.1. The van der Waals surface area contributed by atoms with Crippen LogP contribution in [0.5, 0.6) is 11.5 Å². The molecule has 3 rings (SSSR count). The fraction of sp³-hybridized carbons (Fsp3) is 0.333. The molecule has 0 aliphatic carbocycles.